The van der Waals surface area contributed by atoms with Crippen LogP contribution in [0.2, 0.25) is 0 Å². The first-order valence-electron chi connectivity index (χ1n) is 16.2. The van der Waals surface area contributed by atoms with E-state index in [2.05, 4.69) is 12.2 Å². The number of benzene rings is 4. The molecule has 1 heterocycles. The van der Waals surface area contributed by atoms with Gasteiger partial charge in [-0.15, -0.1) is 0 Å². The number of ether oxygens (including phenoxy) is 1. The van der Waals surface area contributed by atoms with Gasteiger partial charge in [0.25, 0.3) is 5.91 Å². The maximum Gasteiger partial charge on any atom is 0.407 e. The van der Waals surface area contributed by atoms with Gasteiger partial charge in [-0.3, -0.25) is 14.6 Å². The van der Waals surface area contributed by atoms with Gasteiger partial charge in [-0.05, 0) is 84.2 Å². The van der Waals surface area contributed by atoms with Gasteiger partial charge in [0.1, 0.15) is 18.0 Å². The van der Waals surface area contributed by atoms with Crippen molar-refractivity contribution in [1.29, 1.82) is 0 Å². The first-order chi connectivity index (χ1) is 22.7. The molecule has 0 spiro atoms. The van der Waals surface area contributed by atoms with Crippen LogP contribution in [0.5, 0.6) is 11.5 Å². The predicted molar refractivity (Wildman–Crippen MR) is 175 cm³/mol. The average Bonchev–Trinajstić information content (AvgIpc) is 3.42. The number of piperidine rings is 1. The Morgan fingerprint density at radius 2 is 1.62 bits per heavy atom. The molecular formula is C38H38F3N3O3. The first-order valence-corrected chi connectivity index (χ1v) is 16.2. The molecule has 47 heavy (non-hydrogen) atoms. The van der Waals surface area contributed by atoms with E-state index in [1.807, 2.05) is 60.7 Å². The molecule has 6 nitrogen and oxygen atoms in total. The van der Waals surface area contributed by atoms with Gasteiger partial charge in [-0.1, -0.05) is 86.1 Å². The lowest BCUT2D eigenvalue weighted by molar-refractivity contribution is -0.202. The van der Waals surface area contributed by atoms with Crippen LogP contribution < -0.4 is 10.1 Å². The maximum absolute atomic E-state index is 14.7. The van der Waals surface area contributed by atoms with Gasteiger partial charge in [0.05, 0.1) is 17.6 Å². The molecule has 9 heteroatoms. The Balaban J connectivity index is 1.34. The number of para-hydroxylation sites is 2. The smallest absolute Gasteiger partial charge is 0.407 e. The summed E-state index contributed by atoms with van der Waals surface area (Å²) in [6, 6.07) is 29.1. The number of nitrogens with zero attached hydrogens (tertiary/aromatic N) is 2. The molecule has 1 saturated heterocycles. The van der Waals surface area contributed by atoms with Crippen LogP contribution in [-0.2, 0) is 11.2 Å². The second-order valence-corrected chi connectivity index (χ2v) is 12.1. The second kappa shape index (κ2) is 14.0. The fourth-order valence-corrected chi connectivity index (χ4v) is 6.73. The van der Waals surface area contributed by atoms with Crippen molar-refractivity contribution in [2.45, 2.75) is 63.7 Å². The molecule has 2 unspecified atom stereocenters. The zero-order valence-electron chi connectivity index (χ0n) is 26.3. The van der Waals surface area contributed by atoms with E-state index in [1.54, 1.807) is 36.4 Å². The summed E-state index contributed by atoms with van der Waals surface area (Å²) in [5.74, 6) is -1.17. The second-order valence-electron chi connectivity index (χ2n) is 12.1. The van der Waals surface area contributed by atoms with Crippen molar-refractivity contribution < 1.29 is 27.5 Å². The number of nitrogens with one attached hydrogen (secondary N) is 1. The van der Waals surface area contributed by atoms with Crippen molar-refractivity contribution in [1.82, 2.24) is 15.3 Å². The summed E-state index contributed by atoms with van der Waals surface area (Å²) < 4.78 is 49.0. The van der Waals surface area contributed by atoms with Crippen LogP contribution in [0.1, 0.15) is 72.0 Å². The van der Waals surface area contributed by atoms with Crippen molar-refractivity contribution in [2.75, 3.05) is 13.1 Å². The van der Waals surface area contributed by atoms with E-state index >= 15 is 0 Å². The number of hydrazine groups is 1. The topological polar surface area (TPSA) is 61.9 Å². The third kappa shape index (κ3) is 7.05. The number of fused-ring (bicyclic) bond motifs is 3. The van der Waals surface area contributed by atoms with Crippen molar-refractivity contribution in [3.05, 3.63) is 119 Å². The van der Waals surface area contributed by atoms with Gasteiger partial charge in [0, 0.05) is 6.54 Å². The van der Waals surface area contributed by atoms with Crippen LogP contribution in [0.4, 0.5) is 13.2 Å². The maximum atomic E-state index is 14.7. The van der Waals surface area contributed by atoms with E-state index in [0.717, 1.165) is 46.5 Å². The Hall–Kier alpha value is -4.63. The highest BCUT2D eigenvalue weighted by Gasteiger charge is 2.45. The Morgan fingerprint density at radius 1 is 0.894 bits per heavy atom. The molecule has 0 aromatic heterocycles. The zero-order valence-corrected chi connectivity index (χ0v) is 26.3. The molecule has 2 amide bonds. The largest absolute Gasteiger partial charge is 0.457 e. The summed E-state index contributed by atoms with van der Waals surface area (Å²) in [6.07, 6.45) is -1.27. The number of rotatable bonds is 10. The van der Waals surface area contributed by atoms with Crippen LogP contribution in [0, 0.1) is 0 Å². The Labute approximate surface area is 273 Å². The van der Waals surface area contributed by atoms with Crippen LogP contribution in [-0.4, -0.2) is 47.3 Å². The number of halogens is 3. The lowest BCUT2D eigenvalue weighted by atomic mass is 9.89. The molecule has 6 rings (SSSR count). The molecule has 1 fully saturated rings. The summed E-state index contributed by atoms with van der Waals surface area (Å²) in [5, 5.41) is 5.22. The highest BCUT2D eigenvalue weighted by atomic mass is 19.4. The number of hydrogen-bond acceptors (Lipinski definition) is 4. The van der Waals surface area contributed by atoms with Crippen LogP contribution in [0.3, 0.4) is 0 Å². The SMILES string of the molecule is CCCCc1cccc2c1C(C(=O)N(CC(F)(F)F)N1CCCCC1NC(=O)c1ccccc1Oc1ccccc1)c1ccccc1-2. The molecule has 0 radical (unpaired) electrons. The van der Waals surface area contributed by atoms with E-state index < -0.39 is 36.6 Å². The standard InChI is InChI=1S/C38H38F3N3O3/c1-2-3-14-26-15-13-21-29-28-18-7-8-19-30(28)35(34(26)29)37(46)44(25-38(39,40)41)43-24-12-11-23-33(43)42-36(45)31-20-9-10-22-32(31)47-27-16-5-4-6-17-27/h4-10,13,15-22,33,35H,2-3,11-12,14,23-25H2,1H3,(H,42,45). The third-order valence-corrected chi connectivity index (χ3v) is 8.86. The van der Waals surface area contributed by atoms with Crippen molar-refractivity contribution in [3.63, 3.8) is 0 Å². The molecule has 0 saturated carbocycles. The van der Waals surface area contributed by atoms with E-state index in [-0.39, 0.29) is 12.1 Å². The third-order valence-electron chi connectivity index (χ3n) is 8.86. The summed E-state index contributed by atoms with van der Waals surface area (Å²) >= 11 is 0. The highest BCUT2D eigenvalue weighted by Crippen LogP contribution is 2.48. The minimum atomic E-state index is -4.67. The number of hydrogen-bond donors (Lipinski definition) is 1. The van der Waals surface area contributed by atoms with Crippen molar-refractivity contribution in [3.8, 4) is 22.6 Å². The van der Waals surface area contributed by atoms with E-state index in [9.17, 15) is 22.8 Å². The highest BCUT2D eigenvalue weighted by molar-refractivity contribution is 5.98. The van der Waals surface area contributed by atoms with Gasteiger partial charge in [0.2, 0.25) is 5.91 Å². The Kier molecular flexibility index (Phi) is 9.63. The first kappa shape index (κ1) is 32.3. The van der Waals surface area contributed by atoms with E-state index in [0.29, 0.717) is 36.3 Å². The number of aryl methyl sites for hydroxylation is 1. The summed E-state index contributed by atoms with van der Waals surface area (Å²) in [5.41, 5.74) is 4.46. The molecule has 1 aliphatic heterocycles. The Bertz CT molecular complexity index is 1730. The molecule has 2 atom stereocenters. The monoisotopic (exact) mass is 641 g/mol. The minimum Gasteiger partial charge on any atom is -0.457 e. The Morgan fingerprint density at radius 3 is 2.40 bits per heavy atom. The van der Waals surface area contributed by atoms with Crippen LogP contribution in [0.25, 0.3) is 11.1 Å². The molecular weight excluding hydrogens is 603 g/mol. The average molecular weight is 642 g/mol. The number of carbonyl (C=O) groups is 2. The van der Waals surface area contributed by atoms with E-state index in [4.69, 9.17) is 4.74 Å². The molecule has 0 bridgehead atoms. The van der Waals surface area contributed by atoms with Crippen LogP contribution >= 0.6 is 0 Å². The molecule has 1 N–H and O–H groups in total. The quantitative estimate of drug-likeness (QED) is 0.189. The fraction of sp³-hybridized carbons (Fsp3) is 0.316. The van der Waals surface area contributed by atoms with Gasteiger partial charge >= 0.3 is 6.18 Å². The summed E-state index contributed by atoms with van der Waals surface area (Å²) in [7, 11) is 0. The number of amides is 2. The number of alkyl halides is 3. The van der Waals surface area contributed by atoms with Gasteiger partial charge in [-0.25, -0.2) is 0 Å². The van der Waals surface area contributed by atoms with Crippen LogP contribution in [0.15, 0.2) is 97.1 Å². The molecule has 1 aliphatic carbocycles. The normalized spacial score (nSPS) is 17.4. The molecule has 2 aliphatic rings. The van der Waals surface area contributed by atoms with E-state index in [1.165, 1.54) is 5.01 Å². The molecule has 4 aromatic rings. The van der Waals surface area contributed by atoms with Gasteiger partial charge < -0.3 is 10.1 Å². The van der Waals surface area contributed by atoms with Gasteiger partial charge in [0.15, 0.2) is 0 Å². The summed E-state index contributed by atoms with van der Waals surface area (Å²) in [4.78, 5) is 28.4. The fourth-order valence-electron chi connectivity index (χ4n) is 6.73. The minimum absolute atomic E-state index is 0.188. The number of carbonyl (C=O) groups excluding carboxylic acids is 2. The lowest BCUT2D eigenvalue weighted by Crippen LogP contribution is -2.61. The molecule has 4 aromatic carbocycles. The lowest BCUT2D eigenvalue weighted by Gasteiger charge is -2.44. The molecule has 244 valence electrons. The number of unbranched alkanes of at least 4 members (excludes halogenated alkanes) is 1. The zero-order chi connectivity index (χ0) is 33.0. The predicted octanol–water partition coefficient (Wildman–Crippen LogP) is 8.48. The van der Waals surface area contributed by atoms with Crippen molar-refractivity contribution >= 4 is 11.8 Å². The van der Waals surface area contributed by atoms with Crippen molar-refractivity contribution in [2.24, 2.45) is 0 Å². The van der Waals surface area contributed by atoms with Gasteiger partial charge in [-0.2, -0.15) is 18.2 Å². The summed E-state index contributed by atoms with van der Waals surface area (Å²) in [6.45, 7) is 0.813.